The summed E-state index contributed by atoms with van der Waals surface area (Å²) in [5.74, 6) is -1.26. The molecule has 1 aliphatic heterocycles. The van der Waals surface area contributed by atoms with Crippen molar-refractivity contribution in [2.24, 2.45) is 0 Å². The number of methoxy groups -OCH3 is 1. The summed E-state index contributed by atoms with van der Waals surface area (Å²) in [5, 5.41) is 21.6. The number of amides is 1. The molecule has 1 atom stereocenters. The van der Waals surface area contributed by atoms with Gasteiger partial charge in [0.1, 0.15) is 11.5 Å². The number of carbonyl (C=O) groups is 2. The maximum atomic E-state index is 13.2. The normalized spacial score (nSPS) is 17.3. The fraction of sp³-hybridized carbons (Fsp3) is 0.385. The second kappa shape index (κ2) is 11.5. The van der Waals surface area contributed by atoms with Gasteiger partial charge in [-0.1, -0.05) is 31.5 Å². The van der Waals surface area contributed by atoms with Gasteiger partial charge in [-0.05, 0) is 55.9 Å². The first-order chi connectivity index (χ1) is 16.8. The number of halogens is 1. The first-order valence-electron chi connectivity index (χ1n) is 11.6. The first-order valence-corrected chi connectivity index (χ1v) is 11.9. The maximum Gasteiger partial charge on any atom is 0.295 e. The molecule has 9 heteroatoms. The number of aromatic hydroxyl groups is 1. The number of carbonyl (C=O) groups excluding carboxylic acids is 2. The molecule has 2 aromatic carbocycles. The largest absolute Gasteiger partial charge is 0.507 e. The van der Waals surface area contributed by atoms with Crippen LogP contribution in [0.5, 0.6) is 17.2 Å². The van der Waals surface area contributed by atoms with Crippen LogP contribution in [0.2, 0.25) is 5.02 Å². The number of aliphatic hydroxyl groups excluding tert-OH is 1. The lowest BCUT2D eigenvalue weighted by molar-refractivity contribution is -0.140. The van der Waals surface area contributed by atoms with Crippen LogP contribution in [-0.4, -0.2) is 71.6 Å². The van der Waals surface area contributed by atoms with Gasteiger partial charge in [0.05, 0.1) is 30.4 Å². The second-order valence-corrected chi connectivity index (χ2v) is 8.44. The molecule has 0 aromatic heterocycles. The molecule has 8 nitrogen and oxygen atoms in total. The van der Waals surface area contributed by atoms with Crippen molar-refractivity contribution in [3.8, 4) is 17.2 Å². The Hall–Kier alpha value is -3.23. The monoisotopic (exact) mass is 502 g/mol. The van der Waals surface area contributed by atoms with Crippen LogP contribution in [0.25, 0.3) is 5.76 Å². The van der Waals surface area contributed by atoms with E-state index in [9.17, 15) is 19.8 Å². The van der Waals surface area contributed by atoms with Gasteiger partial charge in [-0.2, -0.15) is 0 Å². The Morgan fingerprint density at radius 1 is 1.09 bits per heavy atom. The zero-order valence-corrected chi connectivity index (χ0v) is 21.1. The molecular weight excluding hydrogens is 472 g/mol. The fourth-order valence-corrected chi connectivity index (χ4v) is 4.42. The van der Waals surface area contributed by atoms with E-state index in [1.54, 1.807) is 24.3 Å². The number of hydrogen-bond donors (Lipinski definition) is 2. The minimum atomic E-state index is -0.870. The average molecular weight is 503 g/mol. The molecule has 1 aliphatic rings. The lowest BCUT2D eigenvalue weighted by atomic mass is 9.95. The van der Waals surface area contributed by atoms with Gasteiger partial charge >= 0.3 is 0 Å². The molecule has 0 radical (unpaired) electrons. The lowest BCUT2D eigenvalue weighted by Crippen LogP contribution is -2.38. The number of aliphatic hydroxyl groups is 1. The van der Waals surface area contributed by atoms with Gasteiger partial charge < -0.3 is 29.5 Å². The minimum absolute atomic E-state index is 0.0532. The number of Topliss-reactive ketones (excluding diaryl/α,β-unsaturated/α-hetero) is 1. The standard InChI is InChI=1S/C26H31ClN2O6/c1-5-28(6-2)12-13-29-23(16-8-10-19(30)21(15-16)34-4)22(25(32)26(29)33)24(31)17-9-11-20(35-7-3)18(27)14-17/h8-11,14-15,23,30-31H,5-7,12-13H2,1-4H3/t23-/m1/s1. The Bertz CT molecular complexity index is 1130. The third-order valence-electron chi connectivity index (χ3n) is 6.12. The summed E-state index contributed by atoms with van der Waals surface area (Å²) in [6.07, 6.45) is 0. The number of nitrogens with zero attached hydrogens (tertiary/aromatic N) is 2. The van der Waals surface area contributed by atoms with Gasteiger partial charge in [-0.25, -0.2) is 0 Å². The van der Waals surface area contributed by atoms with Crippen LogP contribution in [-0.2, 0) is 9.59 Å². The summed E-state index contributed by atoms with van der Waals surface area (Å²) in [7, 11) is 1.41. The Morgan fingerprint density at radius 2 is 1.80 bits per heavy atom. The Balaban J connectivity index is 2.14. The van der Waals surface area contributed by atoms with E-state index in [1.165, 1.54) is 24.1 Å². The van der Waals surface area contributed by atoms with Gasteiger partial charge in [-0.15, -0.1) is 0 Å². The van der Waals surface area contributed by atoms with E-state index in [0.717, 1.165) is 13.1 Å². The van der Waals surface area contributed by atoms with Crippen molar-refractivity contribution in [1.82, 2.24) is 9.80 Å². The fourth-order valence-electron chi connectivity index (χ4n) is 4.19. The highest BCUT2D eigenvalue weighted by Crippen LogP contribution is 2.42. The topological polar surface area (TPSA) is 99.5 Å². The van der Waals surface area contributed by atoms with Crippen molar-refractivity contribution in [2.75, 3.05) is 39.9 Å². The molecule has 1 amide bonds. The number of benzene rings is 2. The van der Waals surface area contributed by atoms with Gasteiger partial charge in [0.25, 0.3) is 11.7 Å². The third-order valence-corrected chi connectivity index (χ3v) is 6.41. The summed E-state index contributed by atoms with van der Waals surface area (Å²) in [5.41, 5.74) is 0.760. The summed E-state index contributed by atoms with van der Waals surface area (Å²) in [6, 6.07) is 8.43. The van der Waals surface area contributed by atoms with Crippen LogP contribution in [0.4, 0.5) is 0 Å². The number of phenols is 1. The van der Waals surface area contributed by atoms with E-state index in [1.807, 2.05) is 20.8 Å². The number of ketones is 1. The number of phenolic OH excluding ortho intramolecular Hbond substituents is 1. The van der Waals surface area contributed by atoms with E-state index < -0.39 is 17.7 Å². The van der Waals surface area contributed by atoms with E-state index in [-0.39, 0.29) is 40.0 Å². The highest BCUT2D eigenvalue weighted by Gasteiger charge is 2.46. The average Bonchev–Trinajstić information content (AvgIpc) is 3.11. The summed E-state index contributed by atoms with van der Waals surface area (Å²) >= 11 is 6.31. The van der Waals surface area contributed by atoms with Crippen LogP contribution in [0.15, 0.2) is 42.0 Å². The Labute approximate surface area is 210 Å². The number of rotatable bonds is 10. The van der Waals surface area contributed by atoms with Crippen molar-refractivity contribution in [3.63, 3.8) is 0 Å². The third kappa shape index (κ3) is 5.39. The molecule has 1 saturated heterocycles. The molecule has 0 unspecified atom stereocenters. The highest BCUT2D eigenvalue weighted by molar-refractivity contribution is 6.46. The predicted molar refractivity (Wildman–Crippen MR) is 134 cm³/mol. The predicted octanol–water partition coefficient (Wildman–Crippen LogP) is 4.22. The minimum Gasteiger partial charge on any atom is -0.507 e. The van der Waals surface area contributed by atoms with Crippen LogP contribution in [0.1, 0.15) is 37.9 Å². The van der Waals surface area contributed by atoms with E-state index in [2.05, 4.69) is 4.90 Å². The van der Waals surface area contributed by atoms with Crippen molar-refractivity contribution < 1.29 is 29.3 Å². The molecule has 35 heavy (non-hydrogen) atoms. The Kier molecular flexibility index (Phi) is 8.64. The number of likely N-dealkylation sites (N-methyl/N-ethyl adjacent to an activating group) is 1. The molecule has 188 valence electrons. The molecule has 0 saturated carbocycles. The zero-order valence-electron chi connectivity index (χ0n) is 20.4. The molecule has 0 aliphatic carbocycles. The quantitative estimate of drug-likeness (QED) is 0.285. The molecule has 0 spiro atoms. The number of ether oxygens (including phenoxy) is 2. The van der Waals surface area contributed by atoms with Crippen molar-refractivity contribution >= 4 is 29.1 Å². The number of hydrogen-bond acceptors (Lipinski definition) is 7. The van der Waals surface area contributed by atoms with Crippen LogP contribution in [0.3, 0.4) is 0 Å². The zero-order chi connectivity index (χ0) is 25.7. The molecule has 2 N–H and O–H groups in total. The SMILES string of the molecule is CCOc1ccc(C(O)=C2C(=O)C(=O)N(CCN(CC)CC)[C@@H]2c2ccc(O)c(OC)c2)cc1Cl. The van der Waals surface area contributed by atoms with Crippen molar-refractivity contribution in [2.45, 2.75) is 26.8 Å². The first kappa shape index (κ1) is 26.4. The smallest absolute Gasteiger partial charge is 0.295 e. The molecule has 2 aromatic rings. The Morgan fingerprint density at radius 3 is 2.40 bits per heavy atom. The van der Waals surface area contributed by atoms with Gasteiger partial charge in [-0.3, -0.25) is 9.59 Å². The summed E-state index contributed by atoms with van der Waals surface area (Å²) < 4.78 is 10.7. The summed E-state index contributed by atoms with van der Waals surface area (Å²) in [6.45, 7) is 8.72. The molecule has 3 rings (SSSR count). The lowest BCUT2D eigenvalue weighted by Gasteiger charge is -2.28. The van der Waals surface area contributed by atoms with Crippen LogP contribution < -0.4 is 9.47 Å². The molecular formula is C26H31ClN2O6. The van der Waals surface area contributed by atoms with Crippen LogP contribution >= 0.6 is 11.6 Å². The number of likely N-dealkylation sites (tertiary alicyclic amines) is 1. The van der Waals surface area contributed by atoms with Crippen LogP contribution in [0, 0.1) is 0 Å². The summed E-state index contributed by atoms with van der Waals surface area (Å²) in [4.78, 5) is 29.9. The van der Waals surface area contributed by atoms with Gasteiger partial charge in [0, 0.05) is 18.7 Å². The van der Waals surface area contributed by atoms with Gasteiger partial charge in [0.15, 0.2) is 11.5 Å². The van der Waals surface area contributed by atoms with E-state index in [0.29, 0.717) is 24.5 Å². The van der Waals surface area contributed by atoms with E-state index >= 15 is 0 Å². The molecule has 1 heterocycles. The van der Waals surface area contributed by atoms with Gasteiger partial charge in [0.2, 0.25) is 0 Å². The second-order valence-electron chi connectivity index (χ2n) is 8.03. The molecule has 0 bridgehead atoms. The highest BCUT2D eigenvalue weighted by atomic mass is 35.5. The molecule has 1 fully saturated rings. The maximum absolute atomic E-state index is 13.2. The van der Waals surface area contributed by atoms with E-state index in [4.69, 9.17) is 21.1 Å². The van der Waals surface area contributed by atoms with Crippen molar-refractivity contribution in [1.29, 1.82) is 0 Å². The van der Waals surface area contributed by atoms with Crippen molar-refractivity contribution in [3.05, 3.63) is 58.1 Å².